The zero-order valence-corrected chi connectivity index (χ0v) is 14.1. The van der Waals surface area contributed by atoms with Gasteiger partial charge in [0.25, 0.3) is 5.91 Å². The van der Waals surface area contributed by atoms with E-state index in [-0.39, 0.29) is 11.6 Å². The maximum atomic E-state index is 12.1. The molecule has 1 N–H and O–H groups in total. The normalized spacial score (nSPS) is 13.8. The molecule has 0 aromatic carbocycles. The number of nitrogens with zero attached hydrogens (tertiary/aromatic N) is 4. The van der Waals surface area contributed by atoms with Crippen molar-refractivity contribution in [3.8, 4) is 0 Å². The molecule has 0 radical (unpaired) electrons. The number of hydrogen-bond donors (Lipinski definition) is 1. The highest BCUT2D eigenvalue weighted by molar-refractivity contribution is 8.00. The van der Waals surface area contributed by atoms with Gasteiger partial charge in [-0.05, 0) is 25.0 Å². The molecule has 24 heavy (non-hydrogen) atoms. The Balaban J connectivity index is 1.34. The third kappa shape index (κ3) is 3.62. The number of thioether (sulfide) groups is 1. The summed E-state index contributed by atoms with van der Waals surface area (Å²) >= 11 is 2.85. The molecule has 3 aromatic rings. The molecule has 0 saturated heterocycles. The molecule has 1 aliphatic carbocycles. The van der Waals surface area contributed by atoms with E-state index in [9.17, 15) is 4.79 Å². The first kappa shape index (κ1) is 15.3. The summed E-state index contributed by atoms with van der Waals surface area (Å²) in [5, 5.41) is 15.0. The number of hydrogen-bond acceptors (Lipinski definition) is 8. The van der Waals surface area contributed by atoms with Gasteiger partial charge in [0.2, 0.25) is 5.13 Å². The molecule has 0 unspecified atom stereocenters. The van der Waals surface area contributed by atoms with Gasteiger partial charge < -0.3 is 4.52 Å². The topological polar surface area (TPSA) is 93.8 Å². The molecule has 1 amide bonds. The summed E-state index contributed by atoms with van der Waals surface area (Å²) in [6.45, 7) is 0. The number of pyridine rings is 1. The molecule has 0 aliphatic heterocycles. The first-order valence-corrected chi connectivity index (χ1v) is 9.22. The Morgan fingerprint density at radius 2 is 2.29 bits per heavy atom. The Labute approximate surface area is 145 Å². The van der Waals surface area contributed by atoms with Crippen LogP contribution in [-0.2, 0) is 5.75 Å². The number of aromatic nitrogens is 4. The minimum atomic E-state index is -0.330. The highest BCUT2D eigenvalue weighted by Crippen LogP contribution is 2.40. The van der Waals surface area contributed by atoms with Crippen molar-refractivity contribution in [3.63, 3.8) is 0 Å². The Bertz CT molecular complexity index is 844. The van der Waals surface area contributed by atoms with Crippen molar-refractivity contribution in [1.29, 1.82) is 0 Å². The first-order valence-electron chi connectivity index (χ1n) is 7.42. The van der Waals surface area contributed by atoms with Gasteiger partial charge in [0, 0.05) is 23.9 Å². The number of anilines is 1. The van der Waals surface area contributed by atoms with E-state index in [0.29, 0.717) is 16.8 Å². The quantitative estimate of drug-likeness (QED) is 0.533. The lowest BCUT2D eigenvalue weighted by Gasteiger charge is -1.96. The van der Waals surface area contributed by atoms with Crippen LogP contribution in [0, 0.1) is 0 Å². The van der Waals surface area contributed by atoms with E-state index >= 15 is 0 Å². The zero-order chi connectivity index (χ0) is 16.4. The summed E-state index contributed by atoms with van der Waals surface area (Å²) in [6.07, 6.45) is 3.96. The predicted octanol–water partition coefficient (Wildman–Crippen LogP) is 3.34. The second-order valence-corrected chi connectivity index (χ2v) is 7.53. The fourth-order valence-electron chi connectivity index (χ4n) is 2.06. The van der Waals surface area contributed by atoms with Crippen molar-refractivity contribution in [3.05, 3.63) is 47.6 Å². The van der Waals surface area contributed by atoms with Crippen molar-refractivity contribution in [1.82, 2.24) is 20.3 Å². The van der Waals surface area contributed by atoms with E-state index < -0.39 is 0 Å². The molecule has 3 aromatic heterocycles. The van der Waals surface area contributed by atoms with Crippen LogP contribution in [0.15, 0.2) is 39.3 Å². The van der Waals surface area contributed by atoms with Crippen LogP contribution in [0.1, 0.15) is 40.7 Å². The molecule has 122 valence electrons. The molecular formula is C15H13N5O2S2. The summed E-state index contributed by atoms with van der Waals surface area (Å²) in [4.78, 5) is 16.4. The maximum Gasteiger partial charge on any atom is 0.279 e. The average Bonchev–Trinajstić information content (AvgIpc) is 3.17. The van der Waals surface area contributed by atoms with Crippen LogP contribution < -0.4 is 5.32 Å². The molecule has 9 heteroatoms. The summed E-state index contributed by atoms with van der Waals surface area (Å²) in [5.74, 6) is 1.58. The van der Waals surface area contributed by atoms with Gasteiger partial charge in [-0.25, -0.2) is 0 Å². The standard InChI is InChI=1S/C15H13N5O2S2/c21-13(11-7-12(22-20-11)9-4-5-9)17-14-18-19-15(24-14)23-8-10-3-1-2-6-16-10/h1-3,6-7,9H,4-5,8H2,(H,17,18,21). The second kappa shape index (κ2) is 6.70. The first-order chi connectivity index (χ1) is 11.8. The monoisotopic (exact) mass is 359 g/mol. The van der Waals surface area contributed by atoms with Crippen LogP contribution in [0.25, 0.3) is 0 Å². The maximum absolute atomic E-state index is 12.1. The minimum Gasteiger partial charge on any atom is -0.360 e. The van der Waals surface area contributed by atoms with Crippen LogP contribution in [0.4, 0.5) is 5.13 Å². The van der Waals surface area contributed by atoms with Crippen molar-refractivity contribution >= 4 is 34.1 Å². The van der Waals surface area contributed by atoms with E-state index in [4.69, 9.17) is 4.52 Å². The van der Waals surface area contributed by atoms with Crippen LogP contribution in [-0.4, -0.2) is 26.2 Å². The summed E-state index contributed by atoms with van der Waals surface area (Å²) < 4.78 is 5.96. The van der Waals surface area contributed by atoms with E-state index in [0.717, 1.165) is 28.6 Å². The molecule has 4 rings (SSSR count). The van der Waals surface area contributed by atoms with E-state index in [1.165, 1.54) is 23.1 Å². The van der Waals surface area contributed by atoms with E-state index in [1.807, 2.05) is 18.2 Å². The van der Waals surface area contributed by atoms with Crippen molar-refractivity contribution < 1.29 is 9.32 Å². The Morgan fingerprint density at radius 1 is 1.38 bits per heavy atom. The fraction of sp³-hybridized carbons (Fsp3) is 0.267. The average molecular weight is 359 g/mol. The number of carbonyl (C=O) groups is 1. The Morgan fingerprint density at radius 3 is 3.08 bits per heavy atom. The molecule has 0 spiro atoms. The van der Waals surface area contributed by atoms with Gasteiger partial charge in [-0.2, -0.15) is 0 Å². The van der Waals surface area contributed by atoms with Crippen LogP contribution in [0.3, 0.4) is 0 Å². The fourth-order valence-corrected chi connectivity index (χ4v) is 3.72. The zero-order valence-electron chi connectivity index (χ0n) is 12.5. The van der Waals surface area contributed by atoms with E-state index in [1.54, 1.807) is 12.3 Å². The van der Waals surface area contributed by atoms with Crippen LogP contribution in [0.2, 0.25) is 0 Å². The number of nitrogens with one attached hydrogen (secondary N) is 1. The Hall–Kier alpha value is -2.26. The van der Waals surface area contributed by atoms with Gasteiger partial charge in [0.05, 0.1) is 5.69 Å². The third-order valence-corrected chi connectivity index (χ3v) is 5.44. The molecule has 1 aliphatic rings. The van der Waals surface area contributed by atoms with Crippen molar-refractivity contribution in [2.45, 2.75) is 28.9 Å². The SMILES string of the molecule is O=C(Nc1nnc(SCc2ccccn2)s1)c1cc(C2CC2)on1. The number of amides is 1. The lowest BCUT2D eigenvalue weighted by Crippen LogP contribution is -2.11. The highest BCUT2D eigenvalue weighted by atomic mass is 32.2. The van der Waals surface area contributed by atoms with Gasteiger partial charge in [-0.1, -0.05) is 34.3 Å². The van der Waals surface area contributed by atoms with Gasteiger partial charge in [0.1, 0.15) is 5.76 Å². The van der Waals surface area contributed by atoms with E-state index in [2.05, 4.69) is 25.7 Å². The van der Waals surface area contributed by atoms with Gasteiger partial charge in [0.15, 0.2) is 10.0 Å². The smallest absolute Gasteiger partial charge is 0.279 e. The molecular weight excluding hydrogens is 346 g/mol. The largest absolute Gasteiger partial charge is 0.360 e. The lowest BCUT2D eigenvalue weighted by atomic mass is 10.3. The predicted molar refractivity (Wildman–Crippen MR) is 90.1 cm³/mol. The molecule has 1 fully saturated rings. The van der Waals surface area contributed by atoms with Crippen LogP contribution >= 0.6 is 23.1 Å². The molecule has 7 nitrogen and oxygen atoms in total. The summed E-state index contributed by atoms with van der Waals surface area (Å²) in [6, 6.07) is 7.48. The number of carbonyl (C=O) groups excluding carboxylic acids is 1. The number of rotatable bonds is 6. The summed E-state index contributed by atoms with van der Waals surface area (Å²) in [7, 11) is 0. The van der Waals surface area contributed by atoms with Gasteiger partial charge >= 0.3 is 0 Å². The molecule has 3 heterocycles. The molecule has 1 saturated carbocycles. The minimum absolute atomic E-state index is 0.273. The Kier molecular flexibility index (Phi) is 4.26. The second-order valence-electron chi connectivity index (χ2n) is 5.33. The third-order valence-electron chi connectivity index (χ3n) is 3.44. The van der Waals surface area contributed by atoms with Crippen LogP contribution in [0.5, 0.6) is 0 Å². The molecule has 0 atom stereocenters. The summed E-state index contributed by atoms with van der Waals surface area (Å²) in [5.41, 5.74) is 1.24. The van der Waals surface area contributed by atoms with Gasteiger partial charge in [-0.3, -0.25) is 15.1 Å². The van der Waals surface area contributed by atoms with Crippen molar-refractivity contribution in [2.75, 3.05) is 5.32 Å². The van der Waals surface area contributed by atoms with Crippen molar-refractivity contribution in [2.24, 2.45) is 0 Å². The lowest BCUT2D eigenvalue weighted by molar-refractivity contribution is 0.101. The highest BCUT2D eigenvalue weighted by Gasteiger charge is 2.29. The van der Waals surface area contributed by atoms with Gasteiger partial charge in [-0.15, -0.1) is 10.2 Å². The molecule has 0 bridgehead atoms.